The number of carbonyl (C=O) groups excluding carboxylic acids is 1. The van der Waals surface area contributed by atoms with E-state index in [2.05, 4.69) is 10.3 Å². The predicted octanol–water partition coefficient (Wildman–Crippen LogP) is 0.742. The van der Waals surface area contributed by atoms with Gasteiger partial charge in [-0.25, -0.2) is 4.98 Å². The fraction of sp³-hybridized carbons (Fsp3) is 0.500. The summed E-state index contributed by atoms with van der Waals surface area (Å²) in [5, 5.41) is 3.28. The Labute approximate surface area is 106 Å². The van der Waals surface area contributed by atoms with Gasteiger partial charge >= 0.3 is 0 Å². The highest BCUT2D eigenvalue weighted by atomic mass is 16.5. The van der Waals surface area contributed by atoms with Crippen molar-refractivity contribution in [3.8, 4) is 0 Å². The molecule has 0 aliphatic carbocycles. The molecule has 1 aromatic heterocycles. The number of aromatic nitrogens is 1. The molecular formula is C12H18N4O2. The lowest BCUT2D eigenvalue weighted by Gasteiger charge is -2.28. The van der Waals surface area contributed by atoms with Crippen molar-refractivity contribution in [2.24, 2.45) is 5.73 Å². The predicted molar refractivity (Wildman–Crippen MR) is 69.2 cm³/mol. The van der Waals surface area contributed by atoms with E-state index in [1.807, 2.05) is 6.92 Å². The molecule has 6 heteroatoms. The highest BCUT2D eigenvalue weighted by molar-refractivity contribution is 5.98. The van der Waals surface area contributed by atoms with E-state index < -0.39 is 5.91 Å². The smallest absolute Gasteiger partial charge is 0.250 e. The molecule has 5 N–H and O–H groups in total. The molecule has 2 unspecified atom stereocenters. The lowest BCUT2D eigenvalue weighted by molar-refractivity contribution is 0.0232. The first-order valence-corrected chi connectivity index (χ1v) is 5.99. The largest absolute Gasteiger partial charge is 0.397 e. The third-order valence-electron chi connectivity index (χ3n) is 3.04. The number of nitrogen functional groups attached to an aromatic ring is 1. The maximum Gasteiger partial charge on any atom is 0.250 e. The van der Waals surface area contributed by atoms with Gasteiger partial charge in [-0.2, -0.15) is 0 Å². The summed E-state index contributed by atoms with van der Waals surface area (Å²) in [6.07, 6.45) is 3.52. The van der Waals surface area contributed by atoms with E-state index in [1.54, 1.807) is 6.07 Å². The number of rotatable bonds is 3. The zero-order chi connectivity index (χ0) is 13.1. The van der Waals surface area contributed by atoms with Gasteiger partial charge < -0.3 is 21.5 Å². The number of hydrogen-bond acceptors (Lipinski definition) is 5. The van der Waals surface area contributed by atoms with Crippen LogP contribution in [-0.2, 0) is 4.74 Å². The van der Waals surface area contributed by atoms with Crippen molar-refractivity contribution < 1.29 is 9.53 Å². The summed E-state index contributed by atoms with van der Waals surface area (Å²) in [5.41, 5.74) is 11.5. The van der Waals surface area contributed by atoms with Crippen LogP contribution in [0.2, 0.25) is 0 Å². The average molecular weight is 250 g/mol. The van der Waals surface area contributed by atoms with Gasteiger partial charge in [-0.05, 0) is 25.8 Å². The molecule has 0 radical (unpaired) electrons. The minimum atomic E-state index is -0.543. The fourth-order valence-electron chi connectivity index (χ4n) is 2.10. The number of nitrogens with two attached hydrogens (primary N) is 2. The van der Waals surface area contributed by atoms with E-state index in [0.29, 0.717) is 23.1 Å². The summed E-state index contributed by atoms with van der Waals surface area (Å²) in [6, 6.07) is 1.89. The Bertz CT molecular complexity index is 450. The van der Waals surface area contributed by atoms with Gasteiger partial charge in [-0.3, -0.25) is 4.79 Å². The van der Waals surface area contributed by atoms with E-state index in [1.165, 1.54) is 6.20 Å². The Morgan fingerprint density at radius 2 is 2.39 bits per heavy atom. The lowest BCUT2D eigenvalue weighted by atomic mass is 10.0. The van der Waals surface area contributed by atoms with Crippen LogP contribution in [0, 0.1) is 0 Å². The first-order valence-electron chi connectivity index (χ1n) is 5.99. The van der Waals surface area contributed by atoms with Crippen molar-refractivity contribution in [1.82, 2.24) is 4.98 Å². The number of nitrogens with zero attached hydrogens (tertiary/aromatic N) is 1. The highest BCUT2D eigenvalue weighted by Crippen LogP contribution is 2.19. The molecule has 1 aliphatic rings. The number of hydrogen-bond donors (Lipinski definition) is 3. The Morgan fingerprint density at radius 1 is 1.61 bits per heavy atom. The second kappa shape index (κ2) is 5.22. The first kappa shape index (κ1) is 12.6. The van der Waals surface area contributed by atoms with Crippen LogP contribution in [0.15, 0.2) is 12.3 Å². The number of ether oxygens (including phenoxy) is 1. The molecule has 98 valence electrons. The number of nitrogens with one attached hydrogen (secondary N) is 1. The van der Waals surface area contributed by atoms with Crippen LogP contribution in [0.5, 0.6) is 0 Å². The molecule has 0 bridgehead atoms. The van der Waals surface area contributed by atoms with Gasteiger partial charge in [0.1, 0.15) is 5.82 Å². The first-order chi connectivity index (χ1) is 8.56. The van der Waals surface area contributed by atoms with E-state index >= 15 is 0 Å². The number of pyridine rings is 1. The van der Waals surface area contributed by atoms with E-state index in [9.17, 15) is 4.79 Å². The molecule has 0 aromatic carbocycles. The molecule has 18 heavy (non-hydrogen) atoms. The second-order valence-corrected chi connectivity index (χ2v) is 4.57. The van der Waals surface area contributed by atoms with Gasteiger partial charge in [-0.15, -0.1) is 0 Å². The molecule has 1 aliphatic heterocycles. The molecule has 2 heterocycles. The molecule has 1 saturated heterocycles. The Morgan fingerprint density at radius 3 is 3.06 bits per heavy atom. The van der Waals surface area contributed by atoms with E-state index in [4.69, 9.17) is 16.2 Å². The molecule has 2 atom stereocenters. The van der Waals surface area contributed by atoms with Crippen LogP contribution in [0.25, 0.3) is 0 Å². The zero-order valence-corrected chi connectivity index (χ0v) is 10.3. The van der Waals surface area contributed by atoms with Crippen molar-refractivity contribution >= 4 is 17.4 Å². The van der Waals surface area contributed by atoms with Gasteiger partial charge in [0.15, 0.2) is 0 Å². The summed E-state index contributed by atoms with van der Waals surface area (Å²) in [5.74, 6) is 0.0791. The van der Waals surface area contributed by atoms with Crippen LogP contribution in [0.3, 0.4) is 0 Å². The minimum Gasteiger partial charge on any atom is -0.397 e. The monoisotopic (exact) mass is 250 g/mol. The Balaban J connectivity index is 2.09. The SMILES string of the molecule is CC1CC(Nc2cc(C(N)=O)c(N)cn2)CCO1. The minimum absolute atomic E-state index is 0.237. The summed E-state index contributed by atoms with van der Waals surface area (Å²) in [7, 11) is 0. The van der Waals surface area contributed by atoms with E-state index in [0.717, 1.165) is 19.4 Å². The Hall–Kier alpha value is -1.82. The second-order valence-electron chi connectivity index (χ2n) is 4.57. The summed E-state index contributed by atoms with van der Waals surface area (Å²) in [4.78, 5) is 15.3. The maximum atomic E-state index is 11.2. The molecule has 2 rings (SSSR count). The topological polar surface area (TPSA) is 103 Å². The van der Waals surface area contributed by atoms with Gasteiger partial charge in [0.25, 0.3) is 5.91 Å². The highest BCUT2D eigenvalue weighted by Gasteiger charge is 2.19. The summed E-state index contributed by atoms with van der Waals surface area (Å²) >= 11 is 0. The van der Waals surface area contributed by atoms with Gasteiger partial charge in [-0.1, -0.05) is 0 Å². The third kappa shape index (κ3) is 2.89. The number of anilines is 2. The molecule has 1 amide bonds. The van der Waals surface area contributed by atoms with Gasteiger partial charge in [0.2, 0.25) is 0 Å². The third-order valence-corrected chi connectivity index (χ3v) is 3.04. The quantitative estimate of drug-likeness (QED) is 0.734. The van der Waals surface area contributed by atoms with Crippen LogP contribution >= 0.6 is 0 Å². The number of carbonyl (C=O) groups is 1. The molecule has 0 saturated carbocycles. The van der Waals surface area contributed by atoms with Crippen molar-refractivity contribution in [2.45, 2.75) is 31.9 Å². The van der Waals surface area contributed by atoms with Crippen molar-refractivity contribution in [3.05, 3.63) is 17.8 Å². The molecule has 0 spiro atoms. The van der Waals surface area contributed by atoms with Crippen LogP contribution in [0.4, 0.5) is 11.5 Å². The van der Waals surface area contributed by atoms with Gasteiger partial charge in [0.05, 0.1) is 23.6 Å². The summed E-state index contributed by atoms with van der Waals surface area (Å²) < 4.78 is 5.47. The van der Waals surface area contributed by atoms with Crippen molar-refractivity contribution in [2.75, 3.05) is 17.7 Å². The molecule has 1 aromatic rings. The van der Waals surface area contributed by atoms with Crippen molar-refractivity contribution in [3.63, 3.8) is 0 Å². The standard InChI is InChI=1S/C12H18N4O2/c1-7-4-8(2-3-18-7)16-11-5-9(12(14)17)10(13)6-15-11/h5-8H,2-4,13H2,1H3,(H2,14,17)(H,15,16). The van der Waals surface area contributed by atoms with E-state index in [-0.39, 0.29) is 6.10 Å². The average Bonchev–Trinajstić information content (AvgIpc) is 2.31. The zero-order valence-electron chi connectivity index (χ0n) is 10.3. The van der Waals surface area contributed by atoms with Gasteiger partial charge in [0, 0.05) is 12.6 Å². The lowest BCUT2D eigenvalue weighted by Crippen LogP contribution is -2.32. The number of amides is 1. The maximum absolute atomic E-state index is 11.2. The number of primary amides is 1. The normalized spacial score (nSPS) is 23.6. The van der Waals surface area contributed by atoms with Crippen LogP contribution in [-0.4, -0.2) is 29.6 Å². The molecular weight excluding hydrogens is 232 g/mol. The summed E-state index contributed by atoms with van der Waals surface area (Å²) in [6.45, 7) is 2.77. The molecule has 1 fully saturated rings. The van der Waals surface area contributed by atoms with Crippen LogP contribution in [0.1, 0.15) is 30.1 Å². The Kier molecular flexibility index (Phi) is 3.66. The fourth-order valence-corrected chi connectivity index (χ4v) is 2.10. The molecule has 6 nitrogen and oxygen atoms in total. The van der Waals surface area contributed by atoms with Crippen molar-refractivity contribution in [1.29, 1.82) is 0 Å². The van der Waals surface area contributed by atoms with Crippen LogP contribution < -0.4 is 16.8 Å².